The zero-order valence-corrected chi connectivity index (χ0v) is 18.6. The lowest BCUT2D eigenvalue weighted by molar-refractivity contribution is -0.149. The van der Waals surface area contributed by atoms with Crippen LogP contribution in [-0.2, 0) is 29.1 Å². The molecule has 1 heterocycles. The standard InChI is InChI=1S/C22H23FN2O7S/c1-31-21(27)15-9-11-25(12-10-15)20(26)14-32-22(28)16-3-2-4-19(13-16)33(29,30)24-18-7-5-17(23)6-8-18/h2-8,13,15,24H,9-12,14H2,1H3. The Labute approximate surface area is 190 Å². The Morgan fingerprint density at radius 2 is 1.76 bits per heavy atom. The van der Waals surface area contributed by atoms with Crippen molar-refractivity contribution in [2.45, 2.75) is 17.7 Å². The molecule has 11 heteroatoms. The molecule has 0 bridgehead atoms. The van der Waals surface area contributed by atoms with Crippen LogP contribution in [0.1, 0.15) is 23.2 Å². The summed E-state index contributed by atoms with van der Waals surface area (Å²) in [6, 6.07) is 9.91. The average molecular weight is 478 g/mol. The lowest BCUT2D eigenvalue weighted by Gasteiger charge is -2.30. The summed E-state index contributed by atoms with van der Waals surface area (Å²) >= 11 is 0. The number of carbonyl (C=O) groups excluding carboxylic acids is 3. The molecule has 1 saturated heterocycles. The molecule has 0 radical (unpaired) electrons. The smallest absolute Gasteiger partial charge is 0.338 e. The molecule has 1 fully saturated rings. The number of hydrogen-bond acceptors (Lipinski definition) is 7. The van der Waals surface area contributed by atoms with Gasteiger partial charge in [0.05, 0.1) is 23.5 Å². The minimum absolute atomic E-state index is 0.0471. The number of anilines is 1. The molecule has 3 rings (SSSR count). The maximum Gasteiger partial charge on any atom is 0.338 e. The van der Waals surface area contributed by atoms with Gasteiger partial charge in [0.15, 0.2) is 6.61 Å². The van der Waals surface area contributed by atoms with Crippen molar-refractivity contribution in [1.29, 1.82) is 0 Å². The van der Waals surface area contributed by atoms with E-state index in [1.165, 1.54) is 42.3 Å². The van der Waals surface area contributed by atoms with Gasteiger partial charge in [-0.2, -0.15) is 0 Å². The number of amides is 1. The number of sulfonamides is 1. The van der Waals surface area contributed by atoms with Gasteiger partial charge in [-0.3, -0.25) is 14.3 Å². The van der Waals surface area contributed by atoms with E-state index in [1.54, 1.807) is 0 Å². The van der Waals surface area contributed by atoms with Crippen LogP contribution in [0.5, 0.6) is 0 Å². The van der Waals surface area contributed by atoms with E-state index >= 15 is 0 Å². The Morgan fingerprint density at radius 3 is 2.39 bits per heavy atom. The molecule has 2 aromatic rings. The molecule has 9 nitrogen and oxygen atoms in total. The summed E-state index contributed by atoms with van der Waals surface area (Å²) in [4.78, 5) is 37.6. The van der Waals surface area contributed by atoms with E-state index in [4.69, 9.17) is 9.47 Å². The second-order valence-corrected chi connectivity index (χ2v) is 9.08. The maximum atomic E-state index is 13.0. The number of nitrogens with one attached hydrogen (secondary N) is 1. The molecule has 1 aliphatic rings. The van der Waals surface area contributed by atoms with E-state index < -0.39 is 34.3 Å². The highest BCUT2D eigenvalue weighted by Crippen LogP contribution is 2.20. The second kappa shape index (κ2) is 10.4. The van der Waals surface area contributed by atoms with E-state index in [0.29, 0.717) is 25.9 Å². The van der Waals surface area contributed by atoms with Gasteiger partial charge < -0.3 is 14.4 Å². The number of benzene rings is 2. The van der Waals surface area contributed by atoms with Crippen LogP contribution in [0.3, 0.4) is 0 Å². The Balaban J connectivity index is 1.57. The summed E-state index contributed by atoms with van der Waals surface area (Å²) in [5, 5.41) is 0. The quantitative estimate of drug-likeness (QED) is 0.606. The van der Waals surface area contributed by atoms with E-state index in [1.807, 2.05) is 0 Å². The lowest BCUT2D eigenvalue weighted by Crippen LogP contribution is -2.42. The fourth-order valence-corrected chi connectivity index (χ4v) is 4.46. The molecule has 176 valence electrons. The van der Waals surface area contributed by atoms with Crippen molar-refractivity contribution in [1.82, 2.24) is 4.90 Å². The van der Waals surface area contributed by atoms with Gasteiger partial charge in [0.2, 0.25) is 0 Å². The minimum Gasteiger partial charge on any atom is -0.469 e. The van der Waals surface area contributed by atoms with Crippen LogP contribution in [0.15, 0.2) is 53.4 Å². The highest BCUT2D eigenvalue weighted by atomic mass is 32.2. The maximum absolute atomic E-state index is 13.0. The third kappa shape index (κ3) is 6.28. The molecule has 1 aliphatic heterocycles. The fraction of sp³-hybridized carbons (Fsp3) is 0.318. The highest BCUT2D eigenvalue weighted by molar-refractivity contribution is 7.92. The van der Waals surface area contributed by atoms with Crippen molar-refractivity contribution >= 4 is 33.6 Å². The first kappa shape index (κ1) is 24.2. The van der Waals surface area contributed by atoms with Gasteiger partial charge >= 0.3 is 11.9 Å². The third-order valence-corrected chi connectivity index (χ3v) is 6.56. The molecule has 0 aromatic heterocycles. The zero-order chi connectivity index (χ0) is 24.0. The van der Waals surface area contributed by atoms with Crippen LogP contribution in [0.4, 0.5) is 10.1 Å². The van der Waals surface area contributed by atoms with Crippen LogP contribution in [-0.4, -0.2) is 58.0 Å². The summed E-state index contributed by atoms with van der Waals surface area (Å²) in [5.41, 5.74) is 0.111. The van der Waals surface area contributed by atoms with Crippen LogP contribution in [0.25, 0.3) is 0 Å². The van der Waals surface area contributed by atoms with Gasteiger partial charge in [0, 0.05) is 18.8 Å². The average Bonchev–Trinajstić information content (AvgIpc) is 2.83. The van der Waals surface area contributed by atoms with Gasteiger partial charge in [-0.05, 0) is 55.3 Å². The molecule has 2 aromatic carbocycles. The van der Waals surface area contributed by atoms with Crippen molar-refractivity contribution in [3.05, 3.63) is 59.9 Å². The van der Waals surface area contributed by atoms with Crippen LogP contribution < -0.4 is 4.72 Å². The summed E-state index contributed by atoms with van der Waals surface area (Å²) in [7, 11) is -2.72. The Hall–Kier alpha value is -3.47. The SMILES string of the molecule is COC(=O)C1CCN(C(=O)COC(=O)c2cccc(S(=O)(=O)Nc3ccc(F)cc3)c2)CC1. The number of methoxy groups -OCH3 is 1. The molecule has 1 amide bonds. The summed E-state index contributed by atoms with van der Waals surface area (Å²) in [5.74, 6) is -2.34. The number of likely N-dealkylation sites (tertiary alicyclic amines) is 1. The number of piperidine rings is 1. The van der Waals surface area contributed by atoms with Crippen LogP contribution in [0.2, 0.25) is 0 Å². The molecule has 0 unspecified atom stereocenters. The summed E-state index contributed by atoms with van der Waals surface area (Å²) < 4.78 is 50.2. The van der Waals surface area contributed by atoms with E-state index in [-0.39, 0.29) is 28.0 Å². The number of nitrogens with zero attached hydrogens (tertiary/aromatic N) is 1. The number of hydrogen-bond donors (Lipinski definition) is 1. The monoisotopic (exact) mass is 478 g/mol. The first-order chi connectivity index (χ1) is 15.7. The third-order valence-electron chi connectivity index (χ3n) is 5.19. The number of esters is 2. The minimum atomic E-state index is -4.04. The van der Waals surface area contributed by atoms with Crippen molar-refractivity contribution < 1.29 is 36.7 Å². The predicted octanol–water partition coefficient (Wildman–Crippen LogP) is 2.19. The molecular weight excluding hydrogens is 455 g/mol. The van der Waals surface area contributed by atoms with Gasteiger partial charge in [-0.15, -0.1) is 0 Å². The molecule has 0 aliphatic carbocycles. The fourth-order valence-electron chi connectivity index (χ4n) is 3.36. The van der Waals surface area contributed by atoms with Crippen molar-refractivity contribution in [3.63, 3.8) is 0 Å². The van der Waals surface area contributed by atoms with E-state index in [9.17, 15) is 27.2 Å². The van der Waals surface area contributed by atoms with Crippen molar-refractivity contribution in [2.24, 2.45) is 5.92 Å². The van der Waals surface area contributed by atoms with Gasteiger partial charge in [-0.25, -0.2) is 17.6 Å². The van der Waals surface area contributed by atoms with Crippen molar-refractivity contribution in [3.8, 4) is 0 Å². The van der Waals surface area contributed by atoms with E-state index in [2.05, 4.69) is 4.72 Å². The number of carbonyl (C=O) groups is 3. The Kier molecular flexibility index (Phi) is 7.64. The summed E-state index contributed by atoms with van der Waals surface area (Å²) in [6.07, 6.45) is 0.931. The highest BCUT2D eigenvalue weighted by Gasteiger charge is 2.28. The van der Waals surface area contributed by atoms with Crippen molar-refractivity contribution in [2.75, 3.05) is 31.5 Å². The Morgan fingerprint density at radius 1 is 1.09 bits per heavy atom. The molecule has 0 spiro atoms. The molecule has 33 heavy (non-hydrogen) atoms. The van der Waals surface area contributed by atoms with Gasteiger partial charge in [0.25, 0.3) is 15.9 Å². The van der Waals surface area contributed by atoms with Gasteiger partial charge in [-0.1, -0.05) is 6.07 Å². The van der Waals surface area contributed by atoms with Gasteiger partial charge in [0.1, 0.15) is 5.82 Å². The largest absolute Gasteiger partial charge is 0.469 e. The first-order valence-electron chi connectivity index (χ1n) is 10.1. The molecule has 0 atom stereocenters. The number of halogens is 1. The second-order valence-electron chi connectivity index (χ2n) is 7.39. The number of ether oxygens (including phenoxy) is 2. The molecule has 0 saturated carbocycles. The molecule has 1 N–H and O–H groups in total. The van der Waals surface area contributed by atoms with E-state index in [0.717, 1.165) is 18.2 Å². The van der Waals surface area contributed by atoms with Crippen LogP contribution in [0, 0.1) is 11.7 Å². The summed E-state index contributed by atoms with van der Waals surface area (Å²) in [6.45, 7) is 0.185. The van der Waals surface area contributed by atoms with Crippen LogP contribution >= 0.6 is 0 Å². The predicted molar refractivity (Wildman–Crippen MR) is 115 cm³/mol. The normalized spacial score (nSPS) is 14.4. The number of rotatable bonds is 7. The lowest BCUT2D eigenvalue weighted by atomic mass is 9.97. The molecular formula is C22H23FN2O7S. The first-order valence-corrected chi connectivity index (χ1v) is 11.6. The Bertz CT molecular complexity index is 1130. The zero-order valence-electron chi connectivity index (χ0n) is 17.8. The topological polar surface area (TPSA) is 119 Å².